The molecular weight excluding hydrogens is 296 g/mol. The Morgan fingerprint density at radius 2 is 2.22 bits per heavy atom. The molecule has 2 aromatic rings. The molecule has 0 fully saturated rings. The van der Waals surface area contributed by atoms with Gasteiger partial charge >= 0.3 is 0 Å². The second-order valence-corrected chi connectivity index (χ2v) is 4.89. The molecule has 18 heavy (non-hydrogen) atoms. The first kappa shape index (κ1) is 12.5. The summed E-state index contributed by atoms with van der Waals surface area (Å²) in [5.41, 5.74) is 0.382. The lowest BCUT2D eigenvalue weighted by molar-refractivity contribution is -0.117. The Labute approximate surface area is 112 Å². The second kappa shape index (κ2) is 4.75. The third-order valence-corrected chi connectivity index (χ3v) is 3.05. The number of carbonyl (C=O) groups is 1. The topological polar surface area (TPSA) is 62.9 Å². The van der Waals surface area contributed by atoms with Gasteiger partial charge in [-0.15, -0.1) is 0 Å². The number of pyridine rings is 1. The van der Waals surface area contributed by atoms with Crippen molar-refractivity contribution >= 4 is 32.6 Å². The molecule has 5 heteroatoms. The molecule has 4 nitrogen and oxygen atoms in total. The Morgan fingerprint density at radius 3 is 2.83 bits per heavy atom. The summed E-state index contributed by atoms with van der Waals surface area (Å²) in [5.74, 6) is -0.0354. The number of aromatic nitrogens is 1. The molecule has 0 bridgehead atoms. The van der Waals surface area contributed by atoms with Gasteiger partial charge in [-0.2, -0.15) is 5.26 Å². The first-order valence-electron chi connectivity index (χ1n) is 5.25. The standard InChI is InChI=1S/C13H9BrN2O2/c1-8(17)6-16-7-9(5-15)13(18)11-4-10(14)2-3-12(11)16/h2-4,7H,6H2,1H3. The number of carbonyl (C=O) groups excluding carboxylic acids is 1. The molecule has 0 radical (unpaired) electrons. The normalized spacial score (nSPS) is 10.3. The van der Waals surface area contributed by atoms with E-state index in [1.165, 1.54) is 13.1 Å². The van der Waals surface area contributed by atoms with E-state index in [1.807, 2.05) is 6.07 Å². The molecule has 0 saturated carbocycles. The maximum absolute atomic E-state index is 12.0. The van der Waals surface area contributed by atoms with Crippen molar-refractivity contribution in [2.45, 2.75) is 13.5 Å². The van der Waals surface area contributed by atoms with Gasteiger partial charge in [-0.25, -0.2) is 0 Å². The van der Waals surface area contributed by atoms with Crippen LogP contribution in [0, 0.1) is 11.3 Å². The zero-order valence-electron chi connectivity index (χ0n) is 9.61. The summed E-state index contributed by atoms with van der Waals surface area (Å²) < 4.78 is 2.39. The largest absolute Gasteiger partial charge is 0.338 e. The Hall–Kier alpha value is -1.93. The van der Waals surface area contributed by atoms with E-state index in [4.69, 9.17) is 5.26 Å². The predicted molar refractivity (Wildman–Crippen MR) is 71.3 cm³/mol. The second-order valence-electron chi connectivity index (χ2n) is 3.98. The van der Waals surface area contributed by atoms with Crippen LogP contribution in [0.15, 0.2) is 33.7 Å². The maximum atomic E-state index is 12.0. The average Bonchev–Trinajstić information content (AvgIpc) is 2.32. The number of rotatable bonds is 2. The van der Waals surface area contributed by atoms with Crippen LogP contribution in [-0.2, 0) is 11.3 Å². The highest BCUT2D eigenvalue weighted by Gasteiger charge is 2.10. The van der Waals surface area contributed by atoms with Crippen molar-refractivity contribution in [2.24, 2.45) is 0 Å². The number of ketones is 1. The average molecular weight is 305 g/mol. The highest BCUT2D eigenvalue weighted by Crippen LogP contribution is 2.18. The summed E-state index contributed by atoms with van der Waals surface area (Å²) in [6.45, 7) is 1.61. The fourth-order valence-electron chi connectivity index (χ4n) is 1.82. The van der Waals surface area contributed by atoms with Gasteiger partial charge in [0.1, 0.15) is 17.4 Å². The van der Waals surface area contributed by atoms with E-state index in [0.717, 1.165) is 4.47 Å². The molecule has 0 N–H and O–H groups in total. The van der Waals surface area contributed by atoms with Crippen molar-refractivity contribution in [3.05, 3.63) is 44.7 Å². The van der Waals surface area contributed by atoms with Gasteiger partial charge in [-0.05, 0) is 25.1 Å². The van der Waals surface area contributed by atoms with Crippen LogP contribution in [0.25, 0.3) is 10.9 Å². The summed E-state index contributed by atoms with van der Waals surface area (Å²) in [5, 5.41) is 9.38. The third kappa shape index (κ3) is 2.20. The summed E-state index contributed by atoms with van der Waals surface area (Å²) in [4.78, 5) is 23.2. The van der Waals surface area contributed by atoms with Gasteiger partial charge in [0, 0.05) is 16.1 Å². The van der Waals surface area contributed by atoms with Crippen molar-refractivity contribution < 1.29 is 4.79 Å². The molecule has 0 amide bonds. The fraction of sp³-hybridized carbons (Fsp3) is 0.154. The van der Waals surface area contributed by atoms with Crippen molar-refractivity contribution in [1.29, 1.82) is 5.26 Å². The van der Waals surface area contributed by atoms with E-state index in [0.29, 0.717) is 10.9 Å². The van der Waals surface area contributed by atoms with Crippen LogP contribution in [0.5, 0.6) is 0 Å². The Morgan fingerprint density at radius 1 is 1.50 bits per heavy atom. The maximum Gasteiger partial charge on any atom is 0.207 e. The zero-order chi connectivity index (χ0) is 13.3. The minimum absolute atomic E-state index is 0.0354. The highest BCUT2D eigenvalue weighted by atomic mass is 79.9. The number of nitrogens with zero attached hydrogens (tertiary/aromatic N) is 2. The first-order valence-corrected chi connectivity index (χ1v) is 6.04. The number of benzene rings is 1. The van der Waals surface area contributed by atoms with Gasteiger partial charge in [-0.3, -0.25) is 9.59 Å². The van der Waals surface area contributed by atoms with Crippen molar-refractivity contribution in [3.63, 3.8) is 0 Å². The number of nitriles is 1. The van der Waals surface area contributed by atoms with Gasteiger partial charge in [0.15, 0.2) is 0 Å². The van der Waals surface area contributed by atoms with Crippen LogP contribution >= 0.6 is 15.9 Å². The van der Waals surface area contributed by atoms with Gasteiger partial charge in [-0.1, -0.05) is 15.9 Å². The Balaban J connectivity index is 2.87. The van der Waals surface area contributed by atoms with E-state index in [9.17, 15) is 9.59 Å². The van der Waals surface area contributed by atoms with E-state index >= 15 is 0 Å². The number of hydrogen-bond acceptors (Lipinski definition) is 3. The molecule has 0 unspecified atom stereocenters. The van der Waals surface area contributed by atoms with Crippen molar-refractivity contribution in [1.82, 2.24) is 4.57 Å². The smallest absolute Gasteiger partial charge is 0.207 e. The fourth-order valence-corrected chi connectivity index (χ4v) is 2.18. The molecule has 0 aliphatic carbocycles. The molecule has 1 aromatic heterocycles. The number of fused-ring (bicyclic) bond motifs is 1. The summed E-state index contributed by atoms with van der Waals surface area (Å²) in [7, 11) is 0. The molecule has 0 aliphatic rings. The first-order chi connectivity index (χ1) is 8.52. The SMILES string of the molecule is CC(=O)Cn1cc(C#N)c(=O)c2cc(Br)ccc21. The molecule has 0 atom stereocenters. The molecule has 90 valence electrons. The summed E-state index contributed by atoms with van der Waals surface area (Å²) in [6, 6.07) is 7.07. The number of Topliss-reactive ketones (excluding diaryl/α,β-unsaturated/α-hetero) is 1. The van der Waals surface area contributed by atoms with E-state index in [2.05, 4.69) is 15.9 Å². The quantitative estimate of drug-likeness (QED) is 0.854. The third-order valence-electron chi connectivity index (χ3n) is 2.56. The number of hydrogen-bond donors (Lipinski definition) is 0. The summed E-state index contributed by atoms with van der Waals surface area (Å²) >= 11 is 3.29. The summed E-state index contributed by atoms with van der Waals surface area (Å²) in [6.07, 6.45) is 1.43. The van der Waals surface area contributed by atoms with Gasteiger partial charge in [0.2, 0.25) is 5.43 Å². The van der Waals surface area contributed by atoms with Crippen LogP contribution in [0.3, 0.4) is 0 Å². The van der Waals surface area contributed by atoms with Gasteiger partial charge in [0.25, 0.3) is 0 Å². The van der Waals surface area contributed by atoms with Crippen LogP contribution in [-0.4, -0.2) is 10.4 Å². The van der Waals surface area contributed by atoms with Crippen molar-refractivity contribution in [2.75, 3.05) is 0 Å². The predicted octanol–water partition coefficient (Wildman–Crippen LogP) is 2.22. The van der Waals surface area contributed by atoms with Crippen LogP contribution in [0.2, 0.25) is 0 Å². The van der Waals surface area contributed by atoms with E-state index in [-0.39, 0.29) is 23.3 Å². The van der Waals surface area contributed by atoms with E-state index < -0.39 is 0 Å². The molecule has 1 aromatic carbocycles. The minimum atomic E-state index is -0.311. The van der Waals surface area contributed by atoms with Crippen LogP contribution in [0.4, 0.5) is 0 Å². The molecule has 1 heterocycles. The number of halogens is 1. The monoisotopic (exact) mass is 304 g/mol. The van der Waals surface area contributed by atoms with Crippen LogP contribution in [0.1, 0.15) is 12.5 Å². The van der Waals surface area contributed by atoms with E-state index in [1.54, 1.807) is 22.8 Å². The molecule has 0 saturated heterocycles. The lowest BCUT2D eigenvalue weighted by Crippen LogP contribution is -2.15. The lowest BCUT2D eigenvalue weighted by Gasteiger charge is -2.09. The van der Waals surface area contributed by atoms with Crippen molar-refractivity contribution in [3.8, 4) is 6.07 Å². The molecule has 0 spiro atoms. The lowest BCUT2D eigenvalue weighted by atomic mass is 10.1. The Bertz CT molecular complexity index is 741. The molecule has 0 aliphatic heterocycles. The molecule has 2 rings (SSSR count). The van der Waals surface area contributed by atoms with Gasteiger partial charge in [0.05, 0.1) is 12.1 Å². The highest BCUT2D eigenvalue weighted by molar-refractivity contribution is 9.10. The Kier molecular flexibility index (Phi) is 3.30. The zero-order valence-corrected chi connectivity index (χ0v) is 11.2. The molecular formula is C13H9BrN2O2. The van der Waals surface area contributed by atoms with Crippen LogP contribution < -0.4 is 5.43 Å². The minimum Gasteiger partial charge on any atom is -0.338 e. The van der Waals surface area contributed by atoms with Gasteiger partial charge < -0.3 is 4.57 Å².